The molecule has 1 saturated heterocycles. The predicted octanol–water partition coefficient (Wildman–Crippen LogP) is 3.01. The molecule has 1 unspecified atom stereocenters. The van der Waals surface area contributed by atoms with Gasteiger partial charge in [0, 0.05) is 12.6 Å². The van der Waals surface area contributed by atoms with Crippen molar-refractivity contribution in [1.82, 2.24) is 9.80 Å². The molecule has 0 N–H and O–H groups in total. The molecule has 1 aliphatic rings. The third-order valence-corrected chi connectivity index (χ3v) is 5.65. The van der Waals surface area contributed by atoms with Crippen LogP contribution in [0.4, 0.5) is 0 Å². The third-order valence-electron chi connectivity index (χ3n) is 4.39. The highest BCUT2D eigenvalue weighted by Crippen LogP contribution is 2.41. The summed E-state index contributed by atoms with van der Waals surface area (Å²) < 4.78 is 10.7. The standard InChI is InChI=1S/C18H28N2O3S/c1-5-19(6-2)8-7-9-20-17(21)13-24-18(20)14-10-15(22-3)12-16(11-14)23-4/h10-12,18H,5-9,13H2,1-4H3. The Morgan fingerprint density at radius 2 is 1.79 bits per heavy atom. The van der Waals surface area contributed by atoms with Crippen molar-refractivity contribution in [1.29, 1.82) is 0 Å². The van der Waals surface area contributed by atoms with Crippen molar-refractivity contribution in [2.45, 2.75) is 25.6 Å². The first-order chi connectivity index (χ1) is 11.6. The molecule has 1 aromatic carbocycles. The summed E-state index contributed by atoms with van der Waals surface area (Å²) in [5.41, 5.74) is 1.06. The number of nitrogens with zero attached hydrogens (tertiary/aromatic N) is 2. The number of hydrogen-bond acceptors (Lipinski definition) is 5. The van der Waals surface area contributed by atoms with Crippen LogP contribution in [-0.2, 0) is 4.79 Å². The van der Waals surface area contributed by atoms with E-state index in [-0.39, 0.29) is 11.3 Å². The molecule has 2 rings (SSSR count). The van der Waals surface area contributed by atoms with Crippen molar-refractivity contribution in [3.63, 3.8) is 0 Å². The van der Waals surface area contributed by atoms with Gasteiger partial charge in [0.15, 0.2) is 0 Å². The van der Waals surface area contributed by atoms with Crippen LogP contribution >= 0.6 is 11.8 Å². The van der Waals surface area contributed by atoms with Gasteiger partial charge in [-0.25, -0.2) is 0 Å². The summed E-state index contributed by atoms with van der Waals surface area (Å²) in [5, 5.41) is 0.0400. The third kappa shape index (κ3) is 4.57. The minimum Gasteiger partial charge on any atom is -0.497 e. The Kier molecular flexibility index (Phi) is 7.24. The zero-order valence-corrected chi connectivity index (χ0v) is 15.9. The molecule has 5 nitrogen and oxygen atoms in total. The zero-order valence-electron chi connectivity index (χ0n) is 15.1. The summed E-state index contributed by atoms with van der Waals surface area (Å²) in [6.45, 7) is 8.25. The molecule has 1 aromatic rings. The summed E-state index contributed by atoms with van der Waals surface area (Å²) in [6, 6.07) is 5.85. The van der Waals surface area contributed by atoms with Gasteiger partial charge >= 0.3 is 0 Å². The molecule has 1 amide bonds. The summed E-state index contributed by atoms with van der Waals surface area (Å²) in [5.74, 6) is 2.27. The van der Waals surface area contributed by atoms with Crippen molar-refractivity contribution >= 4 is 17.7 Å². The lowest BCUT2D eigenvalue weighted by Crippen LogP contribution is -2.32. The normalized spacial score (nSPS) is 17.6. The van der Waals surface area contributed by atoms with Gasteiger partial charge in [0.25, 0.3) is 0 Å². The predicted molar refractivity (Wildman–Crippen MR) is 98.9 cm³/mol. The van der Waals surface area contributed by atoms with Crippen LogP contribution in [0, 0.1) is 0 Å². The monoisotopic (exact) mass is 352 g/mol. The number of ether oxygens (including phenoxy) is 2. The van der Waals surface area contributed by atoms with Crippen molar-refractivity contribution in [2.75, 3.05) is 46.2 Å². The molecule has 1 aliphatic heterocycles. The highest BCUT2D eigenvalue weighted by Gasteiger charge is 2.33. The van der Waals surface area contributed by atoms with Crippen LogP contribution in [0.15, 0.2) is 18.2 Å². The molecule has 1 fully saturated rings. The molecule has 134 valence electrons. The maximum Gasteiger partial charge on any atom is 0.233 e. The van der Waals surface area contributed by atoms with Gasteiger partial charge < -0.3 is 19.3 Å². The second-order valence-electron chi connectivity index (χ2n) is 5.78. The van der Waals surface area contributed by atoms with E-state index in [9.17, 15) is 4.79 Å². The molecule has 0 radical (unpaired) electrons. The molecule has 0 spiro atoms. The Morgan fingerprint density at radius 3 is 2.33 bits per heavy atom. The van der Waals surface area contributed by atoms with Crippen LogP contribution in [-0.4, -0.2) is 61.9 Å². The van der Waals surface area contributed by atoms with Crippen LogP contribution in [0.5, 0.6) is 11.5 Å². The number of benzene rings is 1. The van der Waals surface area contributed by atoms with E-state index in [0.29, 0.717) is 5.75 Å². The van der Waals surface area contributed by atoms with Crippen molar-refractivity contribution in [3.8, 4) is 11.5 Å². The Labute approximate surface area is 149 Å². The summed E-state index contributed by atoms with van der Waals surface area (Å²) >= 11 is 1.67. The Morgan fingerprint density at radius 1 is 1.17 bits per heavy atom. The van der Waals surface area contributed by atoms with E-state index < -0.39 is 0 Å². The van der Waals surface area contributed by atoms with Crippen molar-refractivity contribution < 1.29 is 14.3 Å². The van der Waals surface area contributed by atoms with Gasteiger partial charge in [0.05, 0.1) is 20.0 Å². The van der Waals surface area contributed by atoms with E-state index in [2.05, 4.69) is 18.7 Å². The molecular formula is C18H28N2O3S. The molecular weight excluding hydrogens is 324 g/mol. The lowest BCUT2D eigenvalue weighted by atomic mass is 10.1. The second kappa shape index (κ2) is 9.18. The maximum absolute atomic E-state index is 12.3. The molecule has 24 heavy (non-hydrogen) atoms. The highest BCUT2D eigenvalue weighted by molar-refractivity contribution is 8.00. The first-order valence-electron chi connectivity index (χ1n) is 8.49. The topological polar surface area (TPSA) is 42.0 Å². The highest BCUT2D eigenvalue weighted by atomic mass is 32.2. The van der Waals surface area contributed by atoms with Crippen molar-refractivity contribution in [2.24, 2.45) is 0 Å². The largest absolute Gasteiger partial charge is 0.497 e. The first-order valence-corrected chi connectivity index (χ1v) is 9.54. The minimum absolute atomic E-state index is 0.0400. The molecule has 0 saturated carbocycles. The van der Waals surface area contributed by atoms with Gasteiger partial charge in [-0.05, 0) is 43.8 Å². The number of carbonyl (C=O) groups excluding carboxylic acids is 1. The Hall–Kier alpha value is -1.40. The molecule has 0 bridgehead atoms. The lowest BCUT2D eigenvalue weighted by molar-refractivity contribution is -0.128. The summed E-state index contributed by atoms with van der Waals surface area (Å²) in [4.78, 5) is 16.7. The van der Waals surface area contributed by atoms with Gasteiger partial charge in [0.1, 0.15) is 16.9 Å². The van der Waals surface area contributed by atoms with Gasteiger partial charge in [-0.15, -0.1) is 11.8 Å². The zero-order chi connectivity index (χ0) is 17.5. The fourth-order valence-electron chi connectivity index (χ4n) is 2.95. The number of hydrogen-bond donors (Lipinski definition) is 0. The smallest absolute Gasteiger partial charge is 0.233 e. The van der Waals surface area contributed by atoms with Gasteiger partial charge in [-0.1, -0.05) is 13.8 Å². The second-order valence-corrected chi connectivity index (χ2v) is 6.85. The van der Waals surface area contributed by atoms with Gasteiger partial charge in [0.2, 0.25) is 5.91 Å². The van der Waals surface area contributed by atoms with Crippen LogP contribution in [0.2, 0.25) is 0 Å². The number of amides is 1. The van der Waals surface area contributed by atoms with Crippen LogP contribution in [0.3, 0.4) is 0 Å². The molecule has 1 atom stereocenters. The van der Waals surface area contributed by atoms with Crippen LogP contribution < -0.4 is 9.47 Å². The van der Waals surface area contributed by atoms with Gasteiger partial charge in [-0.2, -0.15) is 0 Å². The quantitative estimate of drug-likeness (QED) is 0.683. The first kappa shape index (κ1) is 18.9. The van der Waals surface area contributed by atoms with Crippen LogP contribution in [0.25, 0.3) is 0 Å². The van der Waals surface area contributed by atoms with Crippen LogP contribution in [0.1, 0.15) is 31.2 Å². The molecule has 6 heteroatoms. The summed E-state index contributed by atoms with van der Waals surface area (Å²) in [7, 11) is 3.29. The Balaban J connectivity index is 2.09. The SMILES string of the molecule is CCN(CC)CCCN1C(=O)CSC1c1cc(OC)cc(OC)c1. The average Bonchev–Trinajstić information content (AvgIpc) is 2.99. The Bertz CT molecular complexity index is 527. The van der Waals surface area contributed by atoms with Crippen molar-refractivity contribution in [3.05, 3.63) is 23.8 Å². The fraction of sp³-hybridized carbons (Fsp3) is 0.611. The fourth-order valence-corrected chi connectivity index (χ4v) is 4.15. The molecule has 0 aliphatic carbocycles. The summed E-state index contributed by atoms with van der Waals surface area (Å²) in [6.07, 6.45) is 0.992. The van der Waals surface area contributed by atoms with E-state index in [0.717, 1.165) is 49.7 Å². The van der Waals surface area contributed by atoms with E-state index in [4.69, 9.17) is 9.47 Å². The maximum atomic E-state index is 12.3. The van der Waals surface area contributed by atoms with E-state index in [1.54, 1.807) is 26.0 Å². The van der Waals surface area contributed by atoms with E-state index in [1.807, 2.05) is 23.1 Å². The van der Waals surface area contributed by atoms with E-state index >= 15 is 0 Å². The number of rotatable bonds is 9. The lowest BCUT2D eigenvalue weighted by Gasteiger charge is -2.26. The molecule has 1 heterocycles. The number of thioether (sulfide) groups is 1. The number of carbonyl (C=O) groups is 1. The van der Waals surface area contributed by atoms with Gasteiger partial charge in [-0.3, -0.25) is 4.79 Å². The number of methoxy groups -OCH3 is 2. The minimum atomic E-state index is 0.0400. The average molecular weight is 353 g/mol. The molecule has 0 aromatic heterocycles. The van der Waals surface area contributed by atoms with E-state index in [1.165, 1.54) is 0 Å².